The Hall–Kier alpha value is -2.24. The van der Waals surface area contributed by atoms with E-state index in [1.54, 1.807) is 15.9 Å². The second kappa shape index (κ2) is 6.47. The van der Waals surface area contributed by atoms with Crippen LogP contribution in [0.3, 0.4) is 0 Å². The molecule has 0 radical (unpaired) electrons. The number of carbonyl (C=O) groups excluding carboxylic acids is 2. The molecule has 1 heterocycles. The summed E-state index contributed by atoms with van der Waals surface area (Å²) in [5.74, 6) is -0.124. The van der Waals surface area contributed by atoms with Gasteiger partial charge in [0.2, 0.25) is 5.91 Å². The molecular weight excluding hydrogens is 268 g/mol. The third-order valence-corrected chi connectivity index (χ3v) is 3.68. The van der Waals surface area contributed by atoms with Gasteiger partial charge >= 0.3 is 6.03 Å². The van der Waals surface area contributed by atoms with Crippen LogP contribution in [0.25, 0.3) is 0 Å². The molecule has 0 aromatic heterocycles. The first-order valence-corrected chi connectivity index (χ1v) is 7.23. The lowest BCUT2D eigenvalue weighted by Gasteiger charge is -2.20. The predicted molar refractivity (Wildman–Crippen MR) is 83.1 cm³/mol. The Morgan fingerprint density at radius 2 is 2.10 bits per heavy atom. The molecule has 6 nitrogen and oxygen atoms in total. The fraction of sp³-hybridized carbons (Fsp3) is 0.467. The maximum atomic E-state index is 12.4. The van der Waals surface area contributed by atoms with E-state index in [0.29, 0.717) is 24.5 Å². The first-order chi connectivity index (χ1) is 10.0. The lowest BCUT2D eigenvalue weighted by molar-refractivity contribution is -0.122. The molecule has 1 fully saturated rings. The largest absolute Gasteiger partial charge is 0.397 e. The maximum absolute atomic E-state index is 12.4. The number of hydrogen-bond acceptors (Lipinski definition) is 3. The van der Waals surface area contributed by atoms with Gasteiger partial charge in [-0.25, -0.2) is 4.79 Å². The Labute approximate surface area is 124 Å². The summed E-state index contributed by atoms with van der Waals surface area (Å²) >= 11 is 0. The summed E-state index contributed by atoms with van der Waals surface area (Å²) in [6.07, 6.45) is 0.867. The van der Waals surface area contributed by atoms with Crippen molar-refractivity contribution in [3.63, 3.8) is 0 Å². The van der Waals surface area contributed by atoms with E-state index < -0.39 is 0 Å². The van der Waals surface area contributed by atoms with Crippen molar-refractivity contribution < 1.29 is 9.59 Å². The maximum Gasteiger partial charge on any atom is 0.325 e. The number of benzene rings is 1. The molecular formula is C15H22N4O2. The number of nitrogens with one attached hydrogen (secondary N) is 1. The molecule has 0 bridgehead atoms. The number of amides is 3. The van der Waals surface area contributed by atoms with Crippen LogP contribution >= 0.6 is 0 Å². The summed E-state index contributed by atoms with van der Waals surface area (Å²) in [6, 6.07) is 7.20. The minimum absolute atomic E-state index is 0.0897. The average molecular weight is 290 g/mol. The predicted octanol–water partition coefficient (Wildman–Crippen LogP) is 1.43. The van der Waals surface area contributed by atoms with Crippen molar-refractivity contribution in [1.29, 1.82) is 0 Å². The molecule has 1 aliphatic heterocycles. The van der Waals surface area contributed by atoms with Crippen molar-refractivity contribution in [2.75, 3.05) is 30.3 Å². The Kier molecular flexibility index (Phi) is 4.67. The van der Waals surface area contributed by atoms with E-state index in [4.69, 9.17) is 5.73 Å². The molecule has 1 aromatic carbocycles. The smallest absolute Gasteiger partial charge is 0.325 e. The highest BCUT2D eigenvalue weighted by Crippen LogP contribution is 2.26. The van der Waals surface area contributed by atoms with Crippen LogP contribution in [0.5, 0.6) is 0 Å². The van der Waals surface area contributed by atoms with Crippen LogP contribution in [0.4, 0.5) is 16.2 Å². The number of anilines is 2. The van der Waals surface area contributed by atoms with Crippen molar-refractivity contribution in [3.05, 3.63) is 24.3 Å². The quantitative estimate of drug-likeness (QED) is 0.805. The number of rotatable bonds is 5. The zero-order valence-electron chi connectivity index (χ0n) is 12.5. The van der Waals surface area contributed by atoms with Gasteiger partial charge in [-0.3, -0.25) is 9.69 Å². The second-order valence-electron chi connectivity index (χ2n) is 5.29. The number of para-hydroxylation sites is 2. The van der Waals surface area contributed by atoms with E-state index in [1.165, 1.54) is 0 Å². The summed E-state index contributed by atoms with van der Waals surface area (Å²) in [5.41, 5.74) is 7.17. The molecule has 0 aliphatic carbocycles. The van der Waals surface area contributed by atoms with Gasteiger partial charge in [-0.05, 0) is 25.5 Å². The molecule has 1 aromatic rings. The van der Waals surface area contributed by atoms with Crippen molar-refractivity contribution in [3.8, 4) is 0 Å². The van der Waals surface area contributed by atoms with Gasteiger partial charge in [0.1, 0.15) is 6.54 Å². The molecule has 6 heteroatoms. The van der Waals surface area contributed by atoms with Crippen LogP contribution in [-0.2, 0) is 4.79 Å². The molecule has 3 amide bonds. The summed E-state index contributed by atoms with van der Waals surface area (Å²) < 4.78 is 0. The van der Waals surface area contributed by atoms with Crippen LogP contribution in [0, 0.1) is 0 Å². The zero-order valence-corrected chi connectivity index (χ0v) is 12.5. The Balaban J connectivity index is 1.99. The van der Waals surface area contributed by atoms with Crippen molar-refractivity contribution in [2.24, 2.45) is 0 Å². The topological polar surface area (TPSA) is 78.7 Å². The molecule has 1 saturated heterocycles. The SMILES string of the molecule is CCC(C)NC(=O)CN1CCN(c2ccccc2N)C1=O. The Morgan fingerprint density at radius 1 is 1.38 bits per heavy atom. The van der Waals surface area contributed by atoms with Crippen molar-refractivity contribution in [1.82, 2.24) is 10.2 Å². The number of urea groups is 1. The Morgan fingerprint density at radius 3 is 2.76 bits per heavy atom. The van der Waals surface area contributed by atoms with Crippen LogP contribution in [0.15, 0.2) is 24.3 Å². The summed E-state index contributed by atoms with van der Waals surface area (Å²) in [7, 11) is 0. The first kappa shape index (κ1) is 15.2. The summed E-state index contributed by atoms with van der Waals surface area (Å²) in [4.78, 5) is 27.4. The standard InChI is InChI=1S/C15H22N4O2/c1-3-11(2)17-14(20)10-18-8-9-19(15(18)21)13-7-5-4-6-12(13)16/h4-7,11H,3,8-10,16H2,1-2H3,(H,17,20). The van der Waals surface area contributed by atoms with Gasteiger partial charge in [0, 0.05) is 19.1 Å². The second-order valence-corrected chi connectivity index (χ2v) is 5.29. The molecule has 21 heavy (non-hydrogen) atoms. The molecule has 0 spiro atoms. The number of nitrogen functional groups attached to an aromatic ring is 1. The van der Waals surface area contributed by atoms with Gasteiger partial charge in [-0.15, -0.1) is 0 Å². The lowest BCUT2D eigenvalue weighted by Crippen LogP contribution is -2.42. The highest BCUT2D eigenvalue weighted by molar-refractivity contribution is 5.98. The van der Waals surface area contributed by atoms with Gasteiger partial charge in [0.05, 0.1) is 11.4 Å². The minimum atomic E-state index is -0.174. The fourth-order valence-corrected chi connectivity index (χ4v) is 2.28. The molecule has 0 saturated carbocycles. The highest BCUT2D eigenvalue weighted by atomic mass is 16.2. The van der Waals surface area contributed by atoms with Crippen LogP contribution in [0.1, 0.15) is 20.3 Å². The minimum Gasteiger partial charge on any atom is -0.397 e. The molecule has 114 valence electrons. The fourth-order valence-electron chi connectivity index (χ4n) is 2.28. The normalized spacial score (nSPS) is 16.2. The zero-order chi connectivity index (χ0) is 15.4. The van der Waals surface area contributed by atoms with Crippen molar-refractivity contribution in [2.45, 2.75) is 26.3 Å². The monoisotopic (exact) mass is 290 g/mol. The van der Waals surface area contributed by atoms with E-state index in [-0.39, 0.29) is 24.5 Å². The van der Waals surface area contributed by atoms with Gasteiger partial charge in [0.25, 0.3) is 0 Å². The van der Waals surface area contributed by atoms with Gasteiger partial charge in [0.15, 0.2) is 0 Å². The number of hydrogen-bond donors (Lipinski definition) is 2. The van der Waals surface area contributed by atoms with Crippen LogP contribution in [0.2, 0.25) is 0 Å². The Bertz CT molecular complexity index is 532. The van der Waals surface area contributed by atoms with E-state index in [2.05, 4.69) is 5.32 Å². The number of carbonyl (C=O) groups is 2. The molecule has 2 rings (SSSR count). The highest BCUT2D eigenvalue weighted by Gasteiger charge is 2.31. The van der Waals surface area contributed by atoms with Gasteiger partial charge in [-0.1, -0.05) is 19.1 Å². The van der Waals surface area contributed by atoms with E-state index >= 15 is 0 Å². The third-order valence-electron chi connectivity index (χ3n) is 3.68. The van der Waals surface area contributed by atoms with Crippen LogP contribution in [-0.4, -0.2) is 42.5 Å². The van der Waals surface area contributed by atoms with E-state index in [0.717, 1.165) is 6.42 Å². The molecule has 1 atom stereocenters. The molecule has 3 N–H and O–H groups in total. The van der Waals surface area contributed by atoms with E-state index in [9.17, 15) is 9.59 Å². The average Bonchev–Trinajstić information content (AvgIpc) is 2.80. The number of nitrogens with zero attached hydrogens (tertiary/aromatic N) is 2. The van der Waals surface area contributed by atoms with Gasteiger partial charge in [-0.2, -0.15) is 0 Å². The van der Waals surface area contributed by atoms with E-state index in [1.807, 2.05) is 32.0 Å². The third kappa shape index (κ3) is 3.45. The number of nitrogens with two attached hydrogens (primary N) is 1. The van der Waals surface area contributed by atoms with Crippen LogP contribution < -0.4 is 16.0 Å². The summed E-state index contributed by atoms with van der Waals surface area (Å²) in [5, 5.41) is 2.87. The van der Waals surface area contributed by atoms with Gasteiger partial charge < -0.3 is 16.0 Å². The first-order valence-electron chi connectivity index (χ1n) is 7.23. The summed E-state index contributed by atoms with van der Waals surface area (Å²) in [6.45, 7) is 5.11. The lowest BCUT2D eigenvalue weighted by atomic mass is 10.2. The van der Waals surface area contributed by atoms with Crippen molar-refractivity contribution >= 4 is 23.3 Å². The molecule has 1 unspecified atom stereocenters. The molecule has 1 aliphatic rings.